The fourth-order valence-corrected chi connectivity index (χ4v) is 54.6. The van der Waals surface area contributed by atoms with E-state index in [1.807, 2.05) is 0 Å². The monoisotopic (exact) mass is 1170 g/mol. The van der Waals surface area contributed by atoms with Crippen LogP contribution in [0.1, 0.15) is 135 Å². The Morgan fingerprint density at radius 2 is 0.863 bits per heavy atom. The van der Waals surface area contributed by atoms with Gasteiger partial charge in [0.1, 0.15) is 0 Å². The fourth-order valence-electron chi connectivity index (χ4n) is 14.6. The van der Waals surface area contributed by atoms with Crippen LogP contribution >= 0.6 is 17.0 Å². The second-order valence-electron chi connectivity index (χ2n) is 22.4. The van der Waals surface area contributed by atoms with Gasteiger partial charge in [-0.05, 0) is 0 Å². The first kappa shape index (κ1) is 53.4. The number of allylic oxidation sites excluding steroid dienone is 2. The van der Waals surface area contributed by atoms with Gasteiger partial charge in [-0.25, -0.2) is 0 Å². The van der Waals surface area contributed by atoms with E-state index in [2.05, 4.69) is 0 Å². The van der Waals surface area contributed by atoms with Gasteiger partial charge in [0.25, 0.3) is 0 Å². The molecule has 393 valence electrons. The summed E-state index contributed by atoms with van der Waals surface area (Å²) in [7, 11) is 17.7. The molecule has 0 nitrogen and oxygen atoms in total. The van der Waals surface area contributed by atoms with Crippen LogP contribution in [0.3, 0.4) is 0 Å². The van der Waals surface area contributed by atoms with Crippen LogP contribution in [-0.4, -0.2) is 12.1 Å². The Morgan fingerprint density at radius 3 is 1.15 bits per heavy atom. The van der Waals surface area contributed by atoms with Gasteiger partial charge in [-0.2, -0.15) is 0 Å². The van der Waals surface area contributed by atoms with Gasteiger partial charge in [0.2, 0.25) is 0 Å². The first-order valence-corrected chi connectivity index (χ1v) is 40.6. The van der Waals surface area contributed by atoms with Crippen molar-refractivity contribution in [2.45, 2.75) is 134 Å². The fraction of sp³-hybridized carbons (Fsp3) is 0.481. The molecule has 4 aromatic rings. The Balaban J connectivity index is 1.24. The topological polar surface area (TPSA) is 0 Å². The zero-order chi connectivity index (χ0) is 52.7. The van der Waals surface area contributed by atoms with Crippen LogP contribution in [0, 0.1) is 22.7 Å². The molecule has 4 aromatic carbocycles. The van der Waals surface area contributed by atoms with E-state index >= 15 is 0 Å². The van der Waals surface area contributed by atoms with Crippen LogP contribution in [-0.2, 0) is 40.3 Å². The predicted molar refractivity (Wildman–Crippen MR) is 253 cm³/mol. The quantitative estimate of drug-likeness (QED) is 0.104. The molecule has 0 heterocycles. The minimum atomic E-state index is -6.61. The van der Waals surface area contributed by atoms with Crippen LogP contribution in [0.2, 0.25) is 12.6 Å². The third-order valence-corrected chi connectivity index (χ3v) is 68.1. The van der Waals surface area contributed by atoms with E-state index in [9.17, 15) is 65.9 Å². The van der Waals surface area contributed by atoms with E-state index in [0.717, 1.165) is 64.2 Å². The van der Waals surface area contributed by atoms with Crippen LogP contribution in [0.15, 0.2) is 83.9 Å². The number of fused-ring (bicyclic) bond motifs is 6. The van der Waals surface area contributed by atoms with Gasteiger partial charge >= 0.3 is 424 Å². The molecule has 4 saturated carbocycles. The Morgan fingerprint density at radius 1 is 0.521 bits per heavy atom. The average molecular weight is 1170 g/mol. The molecule has 0 saturated heterocycles. The zero-order valence-electron chi connectivity index (χ0n) is 39.3. The van der Waals surface area contributed by atoms with E-state index < -0.39 is 105 Å². The van der Waals surface area contributed by atoms with Gasteiger partial charge in [0.05, 0.1) is 0 Å². The molecular weight excluding hydrogens is 1120 g/mol. The van der Waals surface area contributed by atoms with Gasteiger partial charge in [-0.1, -0.05) is 0 Å². The molecular formula is C54H50Cl2F15SiZr. The molecule has 0 amide bonds. The first-order valence-electron chi connectivity index (χ1n) is 24.7. The number of hydrogen-bond donors (Lipinski definition) is 0. The molecule has 0 aromatic heterocycles. The summed E-state index contributed by atoms with van der Waals surface area (Å²) in [5.74, 6) is -2.43. The van der Waals surface area contributed by atoms with Crippen LogP contribution < -0.4 is 0 Å². The van der Waals surface area contributed by atoms with Crippen LogP contribution in [0.5, 0.6) is 0 Å². The molecule has 6 aliphatic carbocycles. The summed E-state index contributed by atoms with van der Waals surface area (Å²) in [6, 6.07) is 11.3. The summed E-state index contributed by atoms with van der Waals surface area (Å²) in [6.45, 7) is 1.71. The van der Waals surface area contributed by atoms with Crippen molar-refractivity contribution in [3.05, 3.63) is 128 Å². The molecule has 4 bridgehead atoms. The standard InChI is InChI=1S/2C25H21F6.C4H8F3Si.2ClH.Zr/c2*26-24(27,28)19-10-18(11-20(12-19)25(29,30)31)21-3-1-2-17-8-16(9-22(17)21)14-23-6-4-15(13-23)5-7-23;1-8-3-2-4(5,6)7;;;/h2*1-3,8-12,15H,4-7,13-14H2;8H,2-3H2,1H3;2*1H;/q;;;;;+2/p-2. The predicted octanol–water partition coefficient (Wildman–Crippen LogP) is 19.9. The number of alkyl halides is 15. The summed E-state index contributed by atoms with van der Waals surface area (Å²) in [5.41, 5.74) is -5.00. The molecule has 3 atom stereocenters. The average Bonchev–Trinajstić information content (AvgIpc) is 4.17. The molecule has 4 fully saturated rings. The van der Waals surface area contributed by atoms with Crippen molar-refractivity contribution in [2.24, 2.45) is 22.7 Å². The molecule has 0 N–H and O–H groups in total. The van der Waals surface area contributed by atoms with Crippen molar-refractivity contribution in [1.82, 2.24) is 0 Å². The summed E-state index contributed by atoms with van der Waals surface area (Å²) in [4.78, 5) is 0. The molecule has 19 heteroatoms. The third-order valence-electron chi connectivity index (χ3n) is 17.9. The van der Waals surface area contributed by atoms with Crippen molar-refractivity contribution in [1.29, 1.82) is 0 Å². The Labute approximate surface area is 421 Å². The van der Waals surface area contributed by atoms with Crippen molar-refractivity contribution in [3.8, 4) is 22.3 Å². The first-order chi connectivity index (χ1) is 33.8. The maximum absolute atomic E-state index is 14.6. The Hall–Kier alpha value is -3.01. The van der Waals surface area contributed by atoms with Crippen molar-refractivity contribution in [2.75, 3.05) is 0 Å². The van der Waals surface area contributed by atoms with E-state index in [0.29, 0.717) is 71.2 Å². The van der Waals surface area contributed by atoms with Crippen molar-refractivity contribution in [3.63, 3.8) is 0 Å². The minimum absolute atomic E-state index is 0.00850. The normalized spacial score (nSPS) is 27.0. The maximum atomic E-state index is 14.6. The van der Waals surface area contributed by atoms with Crippen molar-refractivity contribution < 1.29 is 81.4 Å². The summed E-state index contributed by atoms with van der Waals surface area (Å²) in [6.07, 6.45) is -14.0. The van der Waals surface area contributed by atoms with Gasteiger partial charge in [-0.15, -0.1) is 0 Å². The second-order valence-corrected chi connectivity index (χ2v) is 63.8. The molecule has 10 rings (SSSR count). The van der Waals surface area contributed by atoms with Crippen LogP contribution in [0.4, 0.5) is 65.9 Å². The molecule has 0 aliphatic heterocycles. The number of hydrogen-bond acceptors (Lipinski definition) is 0. The van der Waals surface area contributed by atoms with Gasteiger partial charge < -0.3 is 0 Å². The van der Waals surface area contributed by atoms with E-state index in [1.54, 1.807) is 30.8 Å². The van der Waals surface area contributed by atoms with Gasteiger partial charge in [-0.3, -0.25) is 0 Å². The molecule has 6 aliphatic rings. The molecule has 0 spiro atoms. The number of rotatable bonds is 11. The Kier molecular flexibility index (Phi) is 13.0. The summed E-state index contributed by atoms with van der Waals surface area (Å²) in [5, 5.41) is 0. The van der Waals surface area contributed by atoms with Crippen molar-refractivity contribution >= 4 is 35.1 Å². The summed E-state index contributed by atoms with van der Waals surface area (Å²) >= 11 is -6.61. The molecule has 73 heavy (non-hydrogen) atoms. The van der Waals surface area contributed by atoms with Gasteiger partial charge in [0, 0.05) is 0 Å². The third kappa shape index (κ3) is 9.66. The van der Waals surface area contributed by atoms with Gasteiger partial charge in [0.15, 0.2) is 0 Å². The number of benzene rings is 4. The molecule has 3 unspecified atom stereocenters. The summed E-state index contributed by atoms with van der Waals surface area (Å²) < 4.78 is 215. The SMILES string of the molecule is C[SiH](CCC(F)(F)F)[Zr]([Cl])([Cl])([CH]1C(CC23CCC(CC2)C3)=Cc2c(-c3cc(C(F)(F)F)cc(C(F)(F)F)c3)cccc21)[CH]1C(CC23CCC(CC2)C3)=Cc2c(-c3cc(C(F)(F)F)cc(C(F)(F)F)c3)cccc21. The Bertz CT molecular complexity index is 2660. The molecule has 0 radical (unpaired) electrons. The number of halogens is 17. The second kappa shape index (κ2) is 17.8. The van der Waals surface area contributed by atoms with E-state index in [-0.39, 0.29) is 45.2 Å². The van der Waals surface area contributed by atoms with Crippen LogP contribution in [0.25, 0.3) is 34.4 Å². The van der Waals surface area contributed by atoms with E-state index in [1.165, 1.54) is 24.3 Å². The zero-order valence-corrected chi connectivity index (χ0v) is 44.4. The van der Waals surface area contributed by atoms with E-state index in [4.69, 9.17) is 17.0 Å².